The van der Waals surface area contributed by atoms with Gasteiger partial charge in [0.05, 0.1) is 22.5 Å². The van der Waals surface area contributed by atoms with Gasteiger partial charge in [0, 0.05) is 18.6 Å². The second-order valence-electron chi connectivity index (χ2n) is 4.68. The van der Waals surface area contributed by atoms with E-state index in [2.05, 4.69) is 20.4 Å². The van der Waals surface area contributed by atoms with E-state index in [0.29, 0.717) is 21.9 Å². The zero-order valence-electron chi connectivity index (χ0n) is 11.7. The van der Waals surface area contributed by atoms with Crippen molar-refractivity contribution in [3.05, 3.63) is 28.5 Å². The molecule has 3 aromatic rings. The Hall–Kier alpha value is -2.48. The Morgan fingerprint density at radius 3 is 2.81 bits per heavy atom. The van der Waals surface area contributed by atoms with Crippen LogP contribution in [0, 0.1) is 13.8 Å². The molecule has 2 N–H and O–H groups in total. The van der Waals surface area contributed by atoms with Crippen LogP contribution in [-0.4, -0.2) is 30.8 Å². The second-order valence-corrected chi connectivity index (χ2v) is 5.54. The van der Waals surface area contributed by atoms with Crippen LogP contribution in [0.2, 0.25) is 0 Å². The van der Waals surface area contributed by atoms with E-state index < -0.39 is 5.97 Å². The minimum Gasteiger partial charge on any atom is -0.478 e. The summed E-state index contributed by atoms with van der Waals surface area (Å²) in [6, 6.07) is 0. The van der Waals surface area contributed by atoms with Gasteiger partial charge >= 0.3 is 5.97 Å². The van der Waals surface area contributed by atoms with Gasteiger partial charge in [-0.3, -0.25) is 4.68 Å². The van der Waals surface area contributed by atoms with Gasteiger partial charge in [0.25, 0.3) is 0 Å². The molecule has 0 fully saturated rings. The van der Waals surface area contributed by atoms with Crippen LogP contribution >= 0.6 is 11.3 Å². The molecule has 0 aliphatic heterocycles. The van der Waals surface area contributed by atoms with Crippen molar-refractivity contribution in [1.29, 1.82) is 0 Å². The van der Waals surface area contributed by atoms with Crippen LogP contribution in [0.1, 0.15) is 21.7 Å². The van der Waals surface area contributed by atoms with E-state index in [-0.39, 0.29) is 5.56 Å². The van der Waals surface area contributed by atoms with Crippen molar-refractivity contribution in [2.24, 2.45) is 7.05 Å². The molecule has 7 nitrogen and oxygen atoms in total. The molecule has 0 spiro atoms. The number of fused-ring (bicyclic) bond motifs is 1. The minimum absolute atomic E-state index is 0.103. The Kier molecular flexibility index (Phi) is 3.09. The third kappa shape index (κ3) is 2.23. The van der Waals surface area contributed by atoms with Crippen LogP contribution in [0.3, 0.4) is 0 Å². The molecule has 3 rings (SSSR count). The van der Waals surface area contributed by atoms with E-state index >= 15 is 0 Å². The molecule has 0 aliphatic carbocycles. The minimum atomic E-state index is -1.04. The fraction of sp³-hybridized carbons (Fsp3) is 0.231. The van der Waals surface area contributed by atoms with Crippen LogP contribution in [-0.2, 0) is 7.05 Å². The van der Waals surface area contributed by atoms with Gasteiger partial charge in [-0.1, -0.05) is 0 Å². The summed E-state index contributed by atoms with van der Waals surface area (Å²) in [7, 11) is 1.78. The molecule has 0 atom stereocenters. The van der Waals surface area contributed by atoms with Crippen LogP contribution in [0.4, 0.5) is 10.8 Å². The zero-order valence-corrected chi connectivity index (χ0v) is 12.5. The number of nitrogens with zero attached hydrogens (tertiary/aromatic N) is 4. The average molecular weight is 303 g/mol. The number of anilines is 2. The highest BCUT2D eigenvalue weighted by atomic mass is 32.1. The first-order valence-corrected chi connectivity index (χ1v) is 7.10. The molecule has 0 radical (unpaired) electrons. The molecule has 21 heavy (non-hydrogen) atoms. The highest BCUT2D eigenvalue weighted by Gasteiger charge is 2.20. The number of rotatable bonds is 3. The topological polar surface area (TPSA) is 92.9 Å². The molecular weight excluding hydrogens is 290 g/mol. The highest BCUT2D eigenvalue weighted by molar-refractivity contribution is 7.13. The Bertz CT molecular complexity index is 852. The molecule has 3 aromatic heterocycles. The molecule has 0 aliphatic rings. The average Bonchev–Trinajstić information content (AvgIpc) is 2.94. The summed E-state index contributed by atoms with van der Waals surface area (Å²) < 4.78 is 1.63. The Morgan fingerprint density at radius 1 is 1.43 bits per heavy atom. The first-order valence-electron chi connectivity index (χ1n) is 6.22. The van der Waals surface area contributed by atoms with Gasteiger partial charge in [-0.05, 0) is 13.8 Å². The molecular formula is C13H13N5O2S. The number of aromatic carboxylic acids is 1. The number of aryl methyl sites for hydroxylation is 3. The molecule has 0 amide bonds. The lowest BCUT2D eigenvalue weighted by Crippen LogP contribution is -2.05. The van der Waals surface area contributed by atoms with E-state index in [1.807, 2.05) is 19.2 Å². The number of aromatic nitrogens is 4. The third-order valence-electron chi connectivity index (χ3n) is 3.11. The van der Waals surface area contributed by atoms with E-state index in [4.69, 9.17) is 0 Å². The molecule has 0 saturated carbocycles. The summed E-state index contributed by atoms with van der Waals surface area (Å²) >= 11 is 1.42. The van der Waals surface area contributed by atoms with Gasteiger partial charge in [0.2, 0.25) is 0 Å². The lowest BCUT2D eigenvalue weighted by Gasteiger charge is -2.08. The molecule has 0 aromatic carbocycles. The first kappa shape index (κ1) is 13.5. The van der Waals surface area contributed by atoms with Gasteiger partial charge in [-0.2, -0.15) is 5.10 Å². The monoisotopic (exact) mass is 303 g/mol. The quantitative estimate of drug-likeness (QED) is 0.772. The van der Waals surface area contributed by atoms with Gasteiger partial charge in [-0.15, -0.1) is 11.3 Å². The van der Waals surface area contributed by atoms with E-state index in [9.17, 15) is 9.90 Å². The molecule has 108 valence electrons. The van der Waals surface area contributed by atoms with Crippen LogP contribution in [0.25, 0.3) is 11.0 Å². The largest absolute Gasteiger partial charge is 0.478 e. The molecule has 0 saturated heterocycles. The van der Waals surface area contributed by atoms with Gasteiger partial charge in [0.15, 0.2) is 10.8 Å². The molecule has 8 heteroatoms. The van der Waals surface area contributed by atoms with Crippen molar-refractivity contribution in [3.8, 4) is 0 Å². The predicted octanol–water partition coefficient (Wildman–Crippen LogP) is 2.48. The summed E-state index contributed by atoms with van der Waals surface area (Å²) in [4.78, 5) is 20.0. The maximum Gasteiger partial charge on any atom is 0.339 e. The molecule has 0 unspecified atom stereocenters. The van der Waals surface area contributed by atoms with Crippen LogP contribution in [0.15, 0.2) is 11.6 Å². The lowest BCUT2D eigenvalue weighted by molar-refractivity contribution is 0.0697. The van der Waals surface area contributed by atoms with Crippen molar-refractivity contribution < 1.29 is 9.90 Å². The van der Waals surface area contributed by atoms with Crippen LogP contribution < -0.4 is 5.32 Å². The lowest BCUT2D eigenvalue weighted by atomic mass is 10.1. The fourth-order valence-electron chi connectivity index (χ4n) is 2.22. The Morgan fingerprint density at radius 2 is 2.19 bits per heavy atom. The number of carboxylic acids is 1. The summed E-state index contributed by atoms with van der Waals surface area (Å²) in [6.07, 6.45) is 1.34. The van der Waals surface area contributed by atoms with Crippen molar-refractivity contribution in [2.45, 2.75) is 13.8 Å². The number of pyridine rings is 1. The molecule has 3 heterocycles. The number of carboxylic acid groups (broad SMARTS) is 1. The van der Waals surface area contributed by atoms with E-state index in [1.54, 1.807) is 11.7 Å². The summed E-state index contributed by atoms with van der Waals surface area (Å²) in [5.74, 6) is -1.04. The van der Waals surface area contributed by atoms with E-state index in [1.165, 1.54) is 17.5 Å². The number of hydrogen-bond acceptors (Lipinski definition) is 6. The van der Waals surface area contributed by atoms with Crippen LogP contribution in [0.5, 0.6) is 0 Å². The zero-order chi connectivity index (χ0) is 15.1. The van der Waals surface area contributed by atoms with Crippen molar-refractivity contribution in [3.63, 3.8) is 0 Å². The van der Waals surface area contributed by atoms with Crippen molar-refractivity contribution in [2.75, 3.05) is 5.32 Å². The SMILES string of the molecule is Cc1csc(Nc2c(C(=O)O)cnc3c2c(C)nn3C)n1. The highest BCUT2D eigenvalue weighted by Crippen LogP contribution is 2.32. The van der Waals surface area contributed by atoms with Gasteiger partial charge in [0.1, 0.15) is 5.56 Å². The normalized spacial score (nSPS) is 11.0. The van der Waals surface area contributed by atoms with Gasteiger partial charge < -0.3 is 10.4 Å². The number of nitrogens with one attached hydrogen (secondary N) is 1. The molecule has 0 bridgehead atoms. The summed E-state index contributed by atoms with van der Waals surface area (Å²) in [5, 5.41) is 20.0. The smallest absolute Gasteiger partial charge is 0.339 e. The Balaban J connectivity index is 2.25. The summed E-state index contributed by atoms with van der Waals surface area (Å²) in [5.41, 5.74) is 2.82. The predicted molar refractivity (Wildman–Crippen MR) is 80.3 cm³/mol. The maximum atomic E-state index is 11.5. The number of thiazole rings is 1. The summed E-state index contributed by atoms with van der Waals surface area (Å²) in [6.45, 7) is 3.71. The standard InChI is InChI=1S/C13H13N5O2S/c1-6-5-21-13(15-6)16-10-8(12(19)20)4-14-11-9(10)7(2)17-18(11)3/h4-5H,1-3H3,(H,19,20)(H,14,15,16). The van der Waals surface area contributed by atoms with E-state index in [0.717, 1.165) is 11.4 Å². The second kappa shape index (κ2) is 4.81. The Labute approximate surface area is 124 Å². The van der Waals surface area contributed by atoms with Gasteiger partial charge in [-0.25, -0.2) is 14.8 Å². The van der Waals surface area contributed by atoms with Crippen molar-refractivity contribution in [1.82, 2.24) is 19.7 Å². The third-order valence-corrected chi connectivity index (χ3v) is 3.98. The van der Waals surface area contributed by atoms with Crippen molar-refractivity contribution >= 4 is 39.2 Å². The number of carbonyl (C=O) groups is 1. The maximum absolute atomic E-state index is 11.5. The first-order chi connectivity index (χ1) is 9.97. The fourth-order valence-corrected chi connectivity index (χ4v) is 2.91. The number of hydrogen-bond donors (Lipinski definition) is 2.